The lowest BCUT2D eigenvalue weighted by molar-refractivity contribution is 0.426. The summed E-state index contributed by atoms with van der Waals surface area (Å²) < 4.78 is 0. The molecule has 0 bridgehead atoms. The summed E-state index contributed by atoms with van der Waals surface area (Å²) in [7, 11) is -1.34. The zero-order valence-electron chi connectivity index (χ0n) is 5.75. The molecule has 2 N–H and O–H groups in total. The third-order valence-electron chi connectivity index (χ3n) is 1.10. The predicted molar refractivity (Wildman–Crippen MR) is 39.7 cm³/mol. The summed E-state index contributed by atoms with van der Waals surface area (Å²) in [6.45, 7) is 0. The van der Waals surface area contributed by atoms with Crippen molar-refractivity contribution in [2.45, 2.75) is 0 Å². The highest BCUT2D eigenvalue weighted by Gasteiger charge is 2.07. The number of nitrogens with zero attached hydrogens (tertiary/aromatic N) is 2. The van der Waals surface area contributed by atoms with Gasteiger partial charge >= 0.3 is 7.12 Å². The fraction of sp³-hybridized carbons (Fsp3) is 0. The standard InChI is InChI=1S/C6H7BO2.N2/c8-7(9)6-4-2-1-3-5-6;1-2/h1-5,8-9H;. The molecule has 4 nitrogen and oxygen atoms in total. The van der Waals surface area contributed by atoms with Gasteiger partial charge in [0.2, 0.25) is 0 Å². The van der Waals surface area contributed by atoms with Gasteiger partial charge in [0.15, 0.2) is 0 Å². The Bertz CT molecular complexity index is 212. The normalized spacial score (nSPS) is 7.64. The zero-order valence-corrected chi connectivity index (χ0v) is 5.75. The van der Waals surface area contributed by atoms with E-state index in [1.807, 2.05) is 6.07 Å². The lowest BCUT2D eigenvalue weighted by Crippen LogP contribution is -2.29. The molecule has 0 aliphatic rings. The van der Waals surface area contributed by atoms with Crippen LogP contribution in [0.1, 0.15) is 0 Å². The zero-order chi connectivity index (χ0) is 8.69. The minimum Gasteiger partial charge on any atom is -0.423 e. The lowest BCUT2D eigenvalue weighted by atomic mass is 9.81. The van der Waals surface area contributed by atoms with Crippen molar-refractivity contribution < 1.29 is 10.0 Å². The summed E-state index contributed by atoms with van der Waals surface area (Å²) >= 11 is 0. The maximum Gasteiger partial charge on any atom is 0.488 e. The third kappa shape index (κ3) is 3.35. The second-order valence-corrected chi connectivity index (χ2v) is 1.78. The molecule has 0 heterocycles. The van der Waals surface area contributed by atoms with Gasteiger partial charge in [-0.25, -0.2) is 0 Å². The van der Waals surface area contributed by atoms with Crippen LogP contribution in [0.15, 0.2) is 30.3 Å². The topological polar surface area (TPSA) is 88.0 Å². The summed E-state index contributed by atoms with van der Waals surface area (Å²) in [6.07, 6.45) is 0. The molecule has 0 saturated heterocycles. The van der Waals surface area contributed by atoms with Crippen LogP contribution in [0.5, 0.6) is 0 Å². The average Bonchev–Trinajstić information content (AvgIpc) is 2.10. The molecule has 0 spiro atoms. The first-order valence-corrected chi connectivity index (χ1v) is 2.92. The molecule has 5 heteroatoms. The van der Waals surface area contributed by atoms with E-state index in [4.69, 9.17) is 20.8 Å². The van der Waals surface area contributed by atoms with Crippen LogP contribution in [0.4, 0.5) is 0 Å². The highest BCUT2D eigenvalue weighted by molar-refractivity contribution is 6.58. The monoisotopic (exact) mass is 150 g/mol. The Labute approximate surface area is 64.7 Å². The summed E-state index contributed by atoms with van der Waals surface area (Å²) in [5, 5.41) is 29.2. The molecule has 0 amide bonds. The smallest absolute Gasteiger partial charge is 0.423 e. The van der Waals surface area contributed by atoms with Crippen molar-refractivity contribution in [3.05, 3.63) is 30.3 Å². The lowest BCUT2D eigenvalue weighted by Gasteiger charge is -1.94. The third-order valence-corrected chi connectivity index (χ3v) is 1.10. The molecule has 1 aromatic carbocycles. The summed E-state index contributed by atoms with van der Waals surface area (Å²) in [5.41, 5.74) is 0.525. The Morgan fingerprint density at radius 2 is 1.45 bits per heavy atom. The van der Waals surface area contributed by atoms with E-state index in [0.717, 1.165) is 0 Å². The molecule has 1 rings (SSSR count). The molecule has 11 heavy (non-hydrogen) atoms. The molecule has 0 saturated carbocycles. The first kappa shape index (κ1) is 9.62. The van der Waals surface area contributed by atoms with Crippen molar-refractivity contribution in [1.82, 2.24) is 0 Å². The van der Waals surface area contributed by atoms with Gasteiger partial charge in [0, 0.05) is 10.8 Å². The van der Waals surface area contributed by atoms with Crippen molar-refractivity contribution >= 4 is 12.6 Å². The van der Waals surface area contributed by atoms with Gasteiger partial charge in [-0.15, -0.1) is 0 Å². The van der Waals surface area contributed by atoms with Crippen LogP contribution in [0.2, 0.25) is 0 Å². The first-order valence-electron chi connectivity index (χ1n) is 2.92. The molecule has 0 unspecified atom stereocenters. The van der Waals surface area contributed by atoms with Crippen LogP contribution in [0.3, 0.4) is 0 Å². The summed E-state index contributed by atoms with van der Waals surface area (Å²) in [4.78, 5) is 0. The Morgan fingerprint density at radius 3 is 1.73 bits per heavy atom. The van der Waals surface area contributed by atoms with Gasteiger partial charge < -0.3 is 10.0 Å². The minimum atomic E-state index is -1.34. The number of hydrogen-bond donors (Lipinski definition) is 2. The van der Waals surface area contributed by atoms with Crippen molar-refractivity contribution in [3.8, 4) is 0 Å². The van der Waals surface area contributed by atoms with Gasteiger partial charge in [-0.05, 0) is 5.46 Å². The van der Waals surface area contributed by atoms with Crippen LogP contribution in [-0.2, 0) is 0 Å². The van der Waals surface area contributed by atoms with E-state index in [2.05, 4.69) is 0 Å². The van der Waals surface area contributed by atoms with E-state index < -0.39 is 7.12 Å². The van der Waals surface area contributed by atoms with Crippen LogP contribution in [0, 0.1) is 10.8 Å². The second-order valence-electron chi connectivity index (χ2n) is 1.78. The van der Waals surface area contributed by atoms with E-state index in [1.54, 1.807) is 24.3 Å². The van der Waals surface area contributed by atoms with Gasteiger partial charge in [0.25, 0.3) is 0 Å². The van der Waals surface area contributed by atoms with Gasteiger partial charge in [0.1, 0.15) is 0 Å². The van der Waals surface area contributed by atoms with Gasteiger partial charge in [-0.3, -0.25) is 0 Å². The quantitative estimate of drug-likeness (QED) is 0.413. The largest absolute Gasteiger partial charge is 0.488 e. The molecule has 0 aromatic heterocycles. The van der Waals surface area contributed by atoms with Crippen molar-refractivity contribution in [2.24, 2.45) is 0 Å². The molecule has 1 aromatic rings. The van der Waals surface area contributed by atoms with E-state index in [1.165, 1.54) is 0 Å². The van der Waals surface area contributed by atoms with Crippen molar-refractivity contribution in [3.63, 3.8) is 0 Å². The highest BCUT2D eigenvalue weighted by Crippen LogP contribution is 1.82. The first-order chi connectivity index (χ1) is 5.30. The Balaban J connectivity index is 0.000000461. The summed E-state index contributed by atoms with van der Waals surface area (Å²) in [6, 6.07) is 8.66. The number of rotatable bonds is 1. The van der Waals surface area contributed by atoms with Crippen LogP contribution in [0.25, 0.3) is 0 Å². The summed E-state index contributed by atoms with van der Waals surface area (Å²) in [5.74, 6) is 0. The highest BCUT2D eigenvalue weighted by atomic mass is 16.4. The van der Waals surface area contributed by atoms with Crippen LogP contribution in [-0.4, -0.2) is 17.2 Å². The molecule has 0 aliphatic carbocycles. The Kier molecular flexibility index (Phi) is 4.74. The Hall–Kier alpha value is -1.38. The van der Waals surface area contributed by atoms with Gasteiger partial charge in [-0.1, -0.05) is 30.3 Å². The molecule has 0 fully saturated rings. The molecule has 0 atom stereocenters. The number of hydrogen-bond acceptors (Lipinski definition) is 4. The molecular formula is C6H7BN2O2. The van der Waals surface area contributed by atoms with Crippen LogP contribution >= 0.6 is 0 Å². The molecule has 56 valence electrons. The van der Waals surface area contributed by atoms with E-state index in [9.17, 15) is 0 Å². The number of benzene rings is 1. The van der Waals surface area contributed by atoms with Crippen LogP contribution < -0.4 is 5.46 Å². The van der Waals surface area contributed by atoms with Gasteiger partial charge in [-0.2, -0.15) is 0 Å². The van der Waals surface area contributed by atoms with Crippen molar-refractivity contribution in [1.29, 1.82) is 10.8 Å². The average molecular weight is 150 g/mol. The SMILES string of the molecule is N#N.OB(O)c1ccccc1. The maximum atomic E-state index is 8.58. The molecule has 0 aliphatic heterocycles. The fourth-order valence-electron chi connectivity index (χ4n) is 0.625. The van der Waals surface area contributed by atoms with Gasteiger partial charge in [0.05, 0.1) is 0 Å². The minimum absolute atomic E-state index is 0.525. The van der Waals surface area contributed by atoms with E-state index in [0.29, 0.717) is 5.46 Å². The van der Waals surface area contributed by atoms with E-state index >= 15 is 0 Å². The van der Waals surface area contributed by atoms with Crippen molar-refractivity contribution in [2.75, 3.05) is 0 Å². The Morgan fingerprint density at radius 1 is 1.00 bits per heavy atom. The van der Waals surface area contributed by atoms with E-state index in [-0.39, 0.29) is 0 Å². The maximum absolute atomic E-state index is 8.58. The second kappa shape index (κ2) is 5.41. The molecule has 0 radical (unpaired) electrons. The molecular weight excluding hydrogens is 143 g/mol. The fourth-order valence-corrected chi connectivity index (χ4v) is 0.625. The predicted octanol–water partition coefficient (Wildman–Crippen LogP) is -0.603.